The number of rotatable bonds is 15. The van der Waals surface area contributed by atoms with E-state index in [9.17, 15) is 9.59 Å². The van der Waals surface area contributed by atoms with Crippen LogP contribution in [0.25, 0.3) is 0 Å². The zero-order valence-electron chi connectivity index (χ0n) is 19.4. The van der Waals surface area contributed by atoms with Crippen LogP contribution in [0.15, 0.2) is 36.1 Å². The number of carbonyl (C=O) groups excluding carboxylic acids is 2. The molecule has 0 aliphatic carbocycles. The van der Waals surface area contributed by atoms with Crippen molar-refractivity contribution in [2.24, 2.45) is 0 Å². The molecule has 0 heterocycles. The Morgan fingerprint density at radius 3 is 2.39 bits per heavy atom. The molecule has 0 saturated heterocycles. The number of amides is 1. The van der Waals surface area contributed by atoms with E-state index < -0.39 is 20.3 Å². The van der Waals surface area contributed by atoms with Gasteiger partial charge in [0, 0.05) is 25.4 Å². The second kappa shape index (κ2) is 20.2. The number of nitrogens with zero attached hydrogens (tertiary/aromatic N) is 1. The van der Waals surface area contributed by atoms with Crippen LogP contribution in [0.4, 0.5) is 4.79 Å². The second-order valence-corrected chi connectivity index (χ2v) is 7.79. The third-order valence-corrected chi connectivity index (χ3v) is 5.07. The van der Waals surface area contributed by atoms with Gasteiger partial charge in [-0.3, -0.25) is 0 Å². The van der Waals surface area contributed by atoms with Crippen molar-refractivity contribution in [2.45, 2.75) is 52.4 Å². The van der Waals surface area contributed by atoms with Gasteiger partial charge in [-0.15, -0.1) is 0 Å². The van der Waals surface area contributed by atoms with Gasteiger partial charge in [-0.1, -0.05) is 31.7 Å². The van der Waals surface area contributed by atoms with Crippen molar-refractivity contribution in [1.82, 2.24) is 15.5 Å². The highest BCUT2D eigenvalue weighted by molar-refractivity contribution is 7.47. The first-order valence-corrected chi connectivity index (χ1v) is 11.6. The number of allylic oxidation sites excluding steroid dienone is 4. The summed E-state index contributed by atoms with van der Waals surface area (Å²) in [7, 11) is -1.56. The molecule has 2 unspecified atom stereocenters. The molecule has 0 aromatic rings. The fourth-order valence-corrected chi connectivity index (χ4v) is 2.98. The van der Waals surface area contributed by atoms with E-state index in [2.05, 4.69) is 35.1 Å². The molecule has 1 amide bonds. The molecule has 5 N–H and O–H groups in total. The Morgan fingerprint density at radius 2 is 1.90 bits per heavy atom. The van der Waals surface area contributed by atoms with E-state index in [1.54, 1.807) is 6.08 Å². The largest absolute Gasteiger partial charge is 0.448 e. The van der Waals surface area contributed by atoms with Crippen LogP contribution in [0.3, 0.4) is 0 Å². The van der Waals surface area contributed by atoms with Gasteiger partial charge in [-0.2, -0.15) is 0 Å². The number of aliphatic hydroxyl groups excluding tert-OH is 1. The third-order valence-electron chi connectivity index (χ3n) is 4.33. The lowest BCUT2D eigenvalue weighted by atomic mass is 10.1. The van der Waals surface area contributed by atoms with Crippen molar-refractivity contribution in [1.29, 1.82) is 0 Å². The first kappa shape index (κ1) is 31.4. The van der Waals surface area contributed by atoms with E-state index in [4.69, 9.17) is 19.6 Å². The summed E-state index contributed by atoms with van der Waals surface area (Å²) < 4.78 is 5.00. The minimum Gasteiger partial charge on any atom is -0.448 e. The van der Waals surface area contributed by atoms with Crippen LogP contribution in [0.5, 0.6) is 0 Å². The maximum absolute atomic E-state index is 11.6. The summed E-state index contributed by atoms with van der Waals surface area (Å²) >= 11 is 0. The molecule has 0 aliphatic rings. The van der Waals surface area contributed by atoms with Gasteiger partial charge in [0.15, 0.2) is 20.4 Å². The number of alkyl carbamates (subject to hydrolysis) is 1. The van der Waals surface area contributed by atoms with Crippen molar-refractivity contribution in [3.05, 3.63) is 36.1 Å². The molecule has 0 fully saturated rings. The summed E-state index contributed by atoms with van der Waals surface area (Å²) in [5.74, 6) is -1.33. The molecule has 0 aliphatic heterocycles. The van der Waals surface area contributed by atoms with E-state index in [0.717, 1.165) is 44.3 Å². The first-order valence-electron chi connectivity index (χ1n) is 10.2. The van der Waals surface area contributed by atoms with Crippen LogP contribution in [0, 0.1) is 0 Å². The van der Waals surface area contributed by atoms with Gasteiger partial charge in [0.05, 0.1) is 0 Å². The summed E-state index contributed by atoms with van der Waals surface area (Å²) in [6, 6.07) is 0.322. The monoisotopic (exact) mass is 461 g/mol. The molecule has 0 bridgehead atoms. The Balaban J connectivity index is 0. The van der Waals surface area contributed by atoms with E-state index in [-0.39, 0.29) is 12.9 Å². The van der Waals surface area contributed by atoms with Crippen LogP contribution >= 0.6 is 8.38 Å². The fraction of sp³-hybridized carbons (Fsp3) is 0.619. The Labute approximate surface area is 187 Å². The van der Waals surface area contributed by atoms with Gasteiger partial charge in [0.1, 0.15) is 6.61 Å². The van der Waals surface area contributed by atoms with Crippen molar-refractivity contribution in [3.8, 4) is 0 Å². The van der Waals surface area contributed by atoms with E-state index in [1.165, 1.54) is 0 Å². The standard InChI is InChI=1S/C20H36N3O5P.CH4O/c1-6-10-16(4)18(7-2)21-17(5)11-9-12-23(8-3)13-14-28-20(25)22-19(15-24)29(26)27;1-2/h6-7,10,15,17,19,21,26-27H,1,8-9,11-14H2,2-5H3,(H,22,25);2H,1H3/b16-10+,18-7+;. The lowest BCUT2D eigenvalue weighted by Crippen LogP contribution is -2.37. The van der Waals surface area contributed by atoms with Crippen LogP contribution in [0.1, 0.15) is 40.5 Å². The Morgan fingerprint density at radius 1 is 1.26 bits per heavy atom. The number of ether oxygens (including phenoxy) is 1. The number of aldehydes is 1. The summed E-state index contributed by atoms with van der Waals surface area (Å²) in [5, 5.41) is 12.6. The lowest BCUT2D eigenvalue weighted by Gasteiger charge is -2.23. The molecule has 0 aromatic carbocycles. The molecular formula is C21H40N3O6P. The number of hydrogen-bond acceptors (Lipinski definition) is 8. The van der Waals surface area contributed by atoms with E-state index >= 15 is 0 Å². The molecule has 0 spiro atoms. The van der Waals surface area contributed by atoms with Crippen molar-refractivity contribution in [3.63, 3.8) is 0 Å². The molecule has 9 nitrogen and oxygen atoms in total. The summed E-state index contributed by atoms with van der Waals surface area (Å²) in [4.78, 5) is 42.3. The highest BCUT2D eigenvalue weighted by Crippen LogP contribution is 2.27. The zero-order valence-corrected chi connectivity index (χ0v) is 20.3. The van der Waals surface area contributed by atoms with Crippen molar-refractivity contribution in [2.75, 3.05) is 33.4 Å². The number of likely N-dealkylation sites (N-methyl/N-ethyl adjacent to an activating group) is 1. The molecule has 0 aromatic heterocycles. The number of carbonyl (C=O) groups is 2. The van der Waals surface area contributed by atoms with Crippen LogP contribution in [-0.2, 0) is 9.53 Å². The predicted octanol–water partition coefficient (Wildman–Crippen LogP) is 2.26. The average Bonchev–Trinajstić information content (AvgIpc) is 2.75. The molecule has 2 atom stereocenters. The Bertz CT molecular complexity index is 569. The average molecular weight is 462 g/mol. The normalized spacial score (nSPS) is 13.7. The molecular weight excluding hydrogens is 421 g/mol. The van der Waals surface area contributed by atoms with Gasteiger partial charge in [0.25, 0.3) is 0 Å². The van der Waals surface area contributed by atoms with Gasteiger partial charge in [-0.25, -0.2) is 4.79 Å². The van der Waals surface area contributed by atoms with Crippen LogP contribution in [0.2, 0.25) is 0 Å². The number of hydrogen-bond donors (Lipinski definition) is 5. The highest BCUT2D eigenvalue weighted by atomic mass is 31.2. The van der Waals surface area contributed by atoms with Crippen molar-refractivity contribution < 1.29 is 29.2 Å². The predicted molar refractivity (Wildman–Crippen MR) is 125 cm³/mol. The molecule has 10 heteroatoms. The van der Waals surface area contributed by atoms with E-state index in [1.807, 2.05) is 26.8 Å². The summed E-state index contributed by atoms with van der Waals surface area (Å²) in [6.07, 6.45) is 7.22. The summed E-state index contributed by atoms with van der Waals surface area (Å²) in [5.41, 5.74) is 2.25. The van der Waals surface area contributed by atoms with Crippen molar-refractivity contribution >= 4 is 20.8 Å². The van der Waals surface area contributed by atoms with Crippen LogP contribution < -0.4 is 10.6 Å². The zero-order chi connectivity index (χ0) is 24.2. The molecule has 31 heavy (non-hydrogen) atoms. The fourth-order valence-electron chi connectivity index (χ4n) is 2.65. The topological polar surface area (TPSA) is 131 Å². The minimum atomic E-state index is -2.56. The maximum Gasteiger partial charge on any atom is 0.408 e. The molecule has 0 saturated carbocycles. The lowest BCUT2D eigenvalue weighted by molar-refractivity contribution is -0.108. The first-order chi connectivity index (χ1) is 14.8. The van der Waals surface area contributed by atoms with Crippen LogP contribution in [-0.4, -0.2) is 77.3 Å². The smallest absolute Gasteiger partial charge is 0.408 e. The second-order valence-electron chi connectivity index (χ2n) is 6.59. The van der Waals surface area contributed by atoms with Gasteiger partial charge < -0.3 is 40.0 Å². The van der Waals surface area contributed by atoms with Gasteiger partial charge in [0.2, 0.25) is 0 Å². The molecule has 180 valence electrons. The molecule has 0 rings (SSSR count). The quantitative estimate of drug-likeness (QED) is 0.143. The Kier molecular flexibility index (Phi) is 20.4. The summed E-state index contributed by atoms with van der Waals surface area (Å²) in [6.45, 7) is 14.4. The maximum atomic E-state index is 11.6. The number of nitrogens with one attached hydrogen (secondary N) is 2. The number of aliphatic hydroxyl groups is 1. The SMILES string of the molecule is C=C/C=C(C)/C(=C\C)NC(C)CCCN(CC)CCOC(=O)NC(C=O)P(O)O.CO. The minimum absolute atomic E-state index is 0.155. The molecule has 0 radical (unpaired) electrons. The van der Waals surface area contributed by atoms with E-state index in [0.29, 0.717) is 12.6 Å². The highest BCUT2D eigenvalue weighted by Gasteiger charge is 2.20. The Hall–Kier alpha value is -1.77. The third kappa shape index (κ3) is 15.6. The van der Waals surface area contributed by atoms with Gasteiger partial charge >= 0.3 is 6.09 Å². The van der Waals surface area contributed by atoms with Gasteiger partial charge in [-0.05, 0) is 52.3 Å².